The predicted molar refractivity (Wildman–Crippen MR) is 109 cm³/mol. The molecule has 3 aliphatic rings. The Morgan fingerprint density at radius 1 is 0.967 bits per heavy atom. The zero-order chi connectivity index (χ0) is 21.0. The van der Waals surface area contributed by atoms with E-state index in [0.717, 1.165) is 9.98 Å². The van der Waals surface area contributed by atoms with Gasteiger partial charge in [0.1, 0.15) is 5.83 Å². The molecule has 0 saturated carbocycles. The molecule has 0 aromatic heterocycles. The molecule has 8 heteroatoms. The average molecular weight is 425 g/mol. The molecule has 152 valence electrons. The molecular formula is C22H17F2N3O2S. The summed E-state index contributed by atoms with van der Waals surface area (Å²) in [6, 6.07) is 15.0. The van der Waals surface area contributed by atoms with Gasteiger partial charge in [0.25, 0.3) is 10.0 Å². The van der Waals surface area contributed by atoms with Crippen LogP contribution in [0.4, 0.5) is 8.78 Å². The largest absolute Gasteiger partial charge is 0.355 e. The van der Waals surface area contributed by atoms with Gasteiger partial charge in [-0.15, -0.1) is 0 Å². The summed E-state index contributed by atoms with van der Waals surface area (Å²) in [6.07, 6.45) is 3.06. The number of fused-ring (bicyclic) bond motifs is 3. The molecule has 2 heterocycles. The minimum Gasteiger partial charge on any atom is -0.355 e. The molecule has 1 aliphatic carbocycles. The number of nitrogens with one attached hydrogen (secondary N) is 2. The molecule has 1 atom stereocenters. The van der Waals surface area contributed by atoms with E-state index in [-0.39, 0.29) is 21.9 Å². The zero-order valence-electron chi connectivity index (χ0n) is 15.9. The molecule has 5 nitrogen and oxygen atoms in total. The molecule has 0 spiro atoms. The molecule has 1 unspecified atom stereocenters. The summed E-state index contributed by atoms with van der Waals surface area (Å²) in [7, 11) is -4.08. The van der Waals surface area contributed by atoms with Gasteiger partial charge in [0.05, 0.1) is 22.2 Å². The van der Waals surface area contributed by atoms with E-state index in [1.807, 2.05) is 19.1 Å². The van der Waals surface area contributed by atoms with E-state index in [2.05, 4.69) is 10.7 Å². The Bertz CT molecular complexity index is 1290. The van der Waals surface area contributed by atoms with Gasteiger partial charge in [-0.2, -0.15) is 17.2 Å². The Kier molecular flexibility index (Phi) is 4.08. The molecule has 0 saturated heterocycles. The first-order valence-corrected chi connectivity index (χ1v) is 10.8. The van der Waals surface area contributed by atoms with Crippen LogP contribution in [0.3, 0.4) is 0 Å². The van der Waals surface area contributed by atoms with Crippen LogP contribution in [-0.2, 0) is 10.0 Å². The molecule has 0 fully saturated rings. The quantitative estimate of drug-likeness (QED) is 0.730. The van der Waals surface area contributed by atoms with Crippen LogP contribution in [-0.4, -0.2) is 12.8 Å². The second kappa shape index (κ2) is 6.56. The molecule has 2 aromatic carbocycles. The third-order valence-corrected chi connectivity index (χ3v) is 7.05. The summed E-state index contributed by atoms with van der Waals surface area (Å²) in [4.78, 5) is 0.00314. The van der Waals surface area contributed by atoms with E-state index in [0.29, 0.717) is 11.3 Å². The van der Waals surface area contributed by atoms with Gasteiger partial charge in [0.15, 0.2) is 0 Å². The fourth-order valence-electron chi connectivity index (χ4n) is 3.95. The summed E-state index contributed by atoms with van der Waals surface area (Å²) in [5.41, 5.74) is 4.57. The maximum Gasteiger partial charge on any atom is 0.281 e. The van der Waals surface area contributed by atoms with Gasteiger partial charge in [-0.25, -0.2) is 4.39 Å². The summed E-state index contributed by atoms with van der Waals surface area (Å²) in [5.74, 6) is -2.48. The van der Waals surface area contributed by atoms with Crippen molar-refractivity contribution in [3.05, 3.63) is 107 Å². The number of hydrogen-bond donors (Lipinski definition) is 2. The van der Waals surface area contributed by atoms with Crippen LogP contribution >= 0.6 is 0 Å². The van der Waals surface area contributed by atoms with Gasteiger partial charge in [-0.05, 0) is 36.8 Å². The number of sulfonamides is 1. The molecule has 2 aromatic rings. The Balaban J connectivity index is 1.58. The zero-order valence-corrected chi connectivity index (χ0v) is 16.7. The van der Waals surface area contributed by atoms with Crippen LogP contribution in [0.25, 0.3) is 5.70 Å². The Hall–Kier alpha value is -3.39. The smallest absolute Gasteiger partial charge is 0.281 e. The van der Waals surface area contributed by atoms with E-state index in [4.69, 9.17) is 0 Å². The highest BCUT2D eigenvalue weighted by Crippen LogP contribution is 2.48. The van der Waals surface area contributed by atoms with Gasteiger partial charge in [0, 0.05) is 16.8 Å². The Morgan fingerprint density at radius 2 is 1.67 bits per heavy atom. The molecule has 0 bridgehead atoms. The number of hydrogen-bond acceptors (Lipinski definition) is 4. The number of rotatable bonds is 3. The fourth-order valence-corrected chi connectivity index (χ4v) is 5.28. The van der Waals surface area contributed by atoms with Gasteiger partial charge < -0.3 is 5.32 Å². The minimum atomic E-state index is -4.08. The molecule has 5 rings (SSSR count). The highest BCUT2D eigenvalue weighted by atomic mass is 32.2. The van der Waals surface area contributed by atoms with Crippen LogP contribution in [0.1, 0.15) is 11.1 Å². The summed E-state index contributed by atoms with van der Waals surface area (Å²) < 4.78 is 57.3. The number of benzene rings is 2. The molecule has 30 heavy (non-hydrogen) atoms. The Morgan fingerprint density at radius 3 is 2.40 bits per heavy atom. The lowest BCUT2D eigenvalue weighted by molar-refractivity contribution is 0.397. The van der Waals surface area contributed by atoms with Crippen molar-refractivity contribution >= 4 is 15.7 Å². The summed E-state index contributed by atoms with van der Waals surface area (Å²) >= 11 is 0. The summed E-state index contributed by atoms with van der Waals surface area (Å²) in [5, 5.41) is 3.04. The van der Waals surface area contributed by atoms with Crippen molar-refractivity contribution in [3.63, 3.8) is 0 Å². The van der Waals surface area contributed by atoms with Crippen molar-refractivity contribution in [1.82, 2.24) is 15.2 Å². The van der Waals surface area contributed by atoms with Gasteiger partial charge in [-0.1, -0.05) is 42.5 Å². The number of aryl methyl sites for hydroxylation is 1. The first kappa shape index (κ1) is 18.6. The molecule has 0 radical (unpaired) electrons. The van der Waals surface area contributed by atoms with Crippen LogP contribution in [0.5, 0.6) is 0 Å². The highest BCUT2D eigenvalue weighted by molar-refractivity contribution is 7.89. The van der Waals surface area contributed by atoms with Crippen molar-refractivity contribution in [2.75, 3.05) is 0 Å². The van der Waals surface area contributed by atoms with E-state index in [9.17, 15) is 12.8 Å². The SMILES string of the molecule is Cc1ccccc1C1=C(F)C2C(=CC=C3C2=C(F)NN3S(=O)(=O)c2ccccc2)N1. The van der Waals surface area contributed by atoms with Crippen molar-refractivity contribution in [3.8, 4) is 0 Å². The molecule has 2 aliphatic heterocycles. The first-order valence-electron chi connectivity index (χ1n) is 9.31. The second-order valence-corrected chi connectivity index (χ2v) is 8.98. The van der Waals surface area contributed by atoms with Gasteiger partial charge in [0.2, 0.25) is 5.95 Å². The van der Waals surface area contributed by atoms with Crippen molar-refractivity contribution < 1.29 is 17.2 Å². The van der Waals surface area contributed by atoms with Crippen LogP contribution in [0.2, 0.25) is 0 Å². The predicted octanol–water partition coefficient (Wildman–Crippen LogP) is 4.02. The second-order valence-electron chi connectivity index (χ2n) is 7.19. The lowest BCUT2D eigenvalue weighted by atomic mass is 9.90. The maximum absolute atomic E-state index is 15.5. The van der Waals surface area contributed by atoms with Crippen molar-refractivity contribution in [2.24, 2.45) is 5.92 Å². The molecule has 0 amide bonds. The van der Waals surface area contributed by atoms with E-state index in [1.54, 1.807) is 36.4 Å². The lowest BCUT2D eigenvalue weighted by Crippen LogP contribution is -2.37. The first-order chi connectivity index (χ1) is 14.4. The fraction of sp³-hybridized carbons (Fsp3) is 0.0909. The van der Waals surface area contributed by atoms with Crippen LogP contribution in [0, 0.1) is 12.8 Å². The minimum absolute atomic E-state index is 0.00314. The van der Waals surface area contributed by atoms with Crippen LogP contribution in [0.15, 0.2) is 100 Å². The average Bonchev–Trinajstić information content (AvgIpc) is 3.26. The number of allylic oxidation sites excluding steroid dienone is 4. The molecular weight excluding hydrogens is 408 g/mol. The third-order valence-electron chi connectivity index (χ3n) is 5.41. The lowest BCUT2D eigenvalue weighted by Gasteiger charge is -2.24. The Labute approximate surface area is 172 Å². The molecule has 2 N–H and O–H groups in total. The number of nitrogens with zero attached hydrogens (tertiary/aromatic N) is 1. The standard InChI is InChI=1S/C22H17F2N3O2S/c1-13-7-5-6-10-15(13)21-20(23)18-16(25-21)11-12-17-19(18)22(24)26-27(17)30(28,29)14-8-3-2-4-9-14/h2-12,18,25-26H,1H3. The number of hydrazine groups is 1. The topological polar surface area (TPSA) is 61.4 Å². The van der Waals surface area contributed by atoms with E-state index >= 15 is 4.39 Å². The van der Waals surface area contributed by atoms with E-state index < -0.39 is 27.7 Å². The van der Waals surface area contributed by atoms with Gasteiger partial charge in [-0.3, -0.25) is 5.43 Å². The van der Waals surface area contributed by atoms with Gasteiger partial charge >= 0.3 is 0 Å². The monoisotopic (exact) mass is 425 g/mol. The third kappa shape index (κ3) is 2.60. The number of halogens is 2. The maximum atomic E-state index is 15.5. The summed E-state index contributed by atoms with van der Waals surface area (Å²) in [6.45, 7) is 1.86. The normalized spacial score (nSPS) is 20.4. The highest BCUT2D eigenvalue weighted by Gasteiger charge is 2.46. The van der Waals surface area contributed by atoms with E-state index in [1.165, 1.54) is 18.2 Å². The van der Waals surface area contributed by atoms with Crippen molar-refractivity contribution in [2.45, 2.75) is 11.8 Å². The van der Waals surface area contributed by atoms with Crippen molar-refractivity contribution in [1.29, 1.82) is 0 Å². The van der Waals surface area contributed by atoms with Crippen LogP contribution < -0.4 is 10.7 Å².